The summed E-state index contributed by atoms with van der Waals surface area (Å²) >= 11 is 0. The number of carbonyl (C=O) groups is 1. The fourth-order valence-corrected chi connectivity index (χ4v) is 2.27. The van der Waals surface area contributed by atoms with Gasteiger partial charge in [0.15, 0.2) is 0 Å². The zero-order chi connectivity index (χ0) is 16.5. The minimum atomic E-state index is -0.589. The van der Waals surface area contributed by atoms with E-state index in [1.165, 1.54) is 0 Å². The van der Waals surface area contributed by atoms with E-state index < -0.39 is 18.3 Å². The fraction of sp³-hybridized carbons (Fsp3) is 0.471. The van der Waals surface area contributed by atoms with Gasteiger partial charge in [0.05, 0.1) is 17.8 Å². The first-order valence-electron chi connectivity index (χ1n) is 7.43. The molecule has 1 aromatic rings. The summed E-state index contributed by atoms with van der Waals surface area (Å²) in [6, 6.07) is 5.45. The third-order valence-electron chi connectivity index (χ3n) is 4.52. The van der Waals surface area contributed by atoms with Gasteiger partial charge in [-0.05, 0) is 57.3 Å². The van der Waals surface area contributed by atoms with Crippen molar-refractivity contribution in [1.82, 2.24) is 0 Å². The molecule has 0 aliphatic carbocycles. The Morgan fingerprint density at radius 1 is 1.23 bits per heavy atom. The molecule has 1 fully saturated rings. The van der Waals surface area contributed by atoms with Crippen LogP contribution in [0.4, 0.5) is 0 Å². The van der Waals surface area contributed by atoms with Crippen LogP contribution in [0.1, 0.15) is 49.2 Å². The molecular weight excluding hydrogens is 279 g/mol. The monoisotopic (exact) mass is 302 g/mol. The van der Waals surface area contributed by atoms with Crippen molar-refractivity contribution in [2.45, 2.75) is 45.8 Å². The van der Waals surface area contributed by atoms with Crippen molar-refractivity contribution >= 4 is 19.5 Å². The number of aliphatic hydroxyl groups is 1. The van der Waals surface area contributed by atoms with Gasteiger partial charge in [-0.2, -0.15) is 0 Å². The molecule has 118 valence electrons. The minimum Gasteiger partial charge on any atom is -0.400 e. The number of carbonyl (C=O) groups excluding carboxylic acids is 1. The molecule has 1 aromatic carbocycles. The van der Waals surface area contributed by atoms with Gasteiger partial charge in [0.25, 0.3) is 0 Å². The molecule has 0 unspecified atom stereocenters. The van der Waals surface area contributed by atoms with Crippen LogP contribution in [-0.4, -0.2) is 36.3 Å². The lowest BCUT2D eigenvalue weighted by atomic mass is 9.77. The van der Waals surface area contributed by atoms with Gasteiger partial charge < -0.3 is 14.4 Å². The predicted octanol–water partition coefficient (Wildman–Crippen LogP) is 2.81. The van der Waals surface area contributed by atoms with Crippen molar-refractivity contribution in [2.24, 2.45) is 0 Å². The van der Waals surface area contributed by atoms with Crippen LogP contribution in [0.25, 0.3) is 6.08 Å². The Morgan fingerprint density at radius 3 is 2.32 bits per heavy atom. The van der Waals surface area contributed by atoms with E-state index in [4.69, 9.17) is 9.31 Å². The van der Waals surface area contributed by atoms with Gasteiger partial charge in [-0.1, -0.05) is 18.2 Å². The molecule has 5 heteroatoms. The molecule has 0 amide bonds. The highest BCUT2D eigenvalue weighted by atomic mass is 16.7. The Labute approximate surface area is 132 Å². The fourth-order valence-electron chi connectivity index (χ4n) is 2.27. The van der Waals surface area contributed by atoms with Crippen molar-refractivity contribution < 1.29 is 19.2 Å². The highest BCUT2D eigenvalue weighted by Gasteiger charge is 2.52. The second kappa shape index (κ2) is 5.99. The van der Waals surface area contributed by atoms with Crippen LogP contribution in [0.5, 0.6) is 0 Å². The van der Waals surface area contributed by atoms with E-state index >= 15 is 0 Å². The van der Waals surface area contributed by atoms with Crippen molar-refractivity contribution in [3.63, 3.8) is 0 Å². The van der Waals surface area contributed by atoms with Gasteiger partial charge in [-0.25, -0.2) is 0 Å². The highest BCUT2D eigenvalue weighted by molar-refractivity contribution is 6.55. The second-order valence-corrected chi connectivity index (χ2v) is 6.70. The van der Waals surface area contributed by atoms with Gasteiger partial charge in [-0.15, -0.1) is 0 Å². The lowest BCUT2D eigenvalue weighted by molar-refractivity contribution is 0.00578. The van der Waals surface area contributed by atoms with Crippen LogP contribution < -0.4 is 0 Å². The van der Waals surface area contributed by atoms with Crippen molar-refractivity contribution in [2.75, 3.05) is 6.61 Å². The quantitative estimate of drug-likeness (QED) is 0.686. The summed E-state index contributed by atoms with van der Waals surface area (Å²) in [5, 5.41) is 9.71. The number of benzene rings is 1. The topological polar surface area (TPSA) is 55.8 Å². The maximum Gasteiger partial charge on any atom is 0.492 e. The SMILES string of the molecule is Cc1ccc(C=O)cc1C=C(CO)B1OC(C)(C)C(C)(C)O1. The Kier molecular flexibility index (Phi) is 4.61. The van der Waals surface area contributed by atoms with E-state index in [0.29, 0.717) is 11.0 Å². The molecule has 1 aliphatic rings. The number of aliphatic hydroxyl groups excluding tert-OH is 1. The van der Waals surface area contributed by atoms with Crippen LogP contribution in [-0.2, 0) is 9.31 Å². The summed E-state index contributed by atoms with van der Waals surface area (Å²) in [4.78, 5) is 10.9. The number of hydrogen-bond donors (Lipinski definition) is 1. The molecule has 1 aliphatic heterocycles. The number of aryl methyl sites for hydroxylation is 1. The molecule has 0 aromatic heterocycles. The van der Waals surface area contributed by atoms with Crippen LogP contribution in [0.2, 0.25) is 0 Å². The summed E-state index contributed by atoms with van der Waals surface area (Å²) in [6.07, 6.45) is 2.65. The van der Waals surface area contributed by atoms with Gasteiger partial charge in [0.1, 0.15) is 6.29 Å². The van der Waals surface area contributed by atoms with E-state index in [1.54, 1.807) is 12.1 Å². The van der Waals surface area contributed by atoms with E-state index in [-0.39, 0.29) is 6.61 Å². The molecule has 2 rings (SSSR count). The van der Waals surface area contributed by atoms with Crippen molar-refractivity contribution in [3.8, 4) is 0 Å². The Balaban J connectivity index is 2.35. The molecule has 1 heterocycles. The second-order valence-electron chi connectivity index (χ2n) is 6.70. The molecule has 0 bridgehead atoms. The lowest BCUT2D eigenvalue weighted by Gasteiger charge is -2.32. The summed E-state index contributed by atoms with van der Waals surface area (Å²) < 4.78 is 11.9. The Bertz CT molecular complexity index is 589. The molecule has 0 saturated carbocycles. The molecule has 0 radical (unpaired) electrons. The zero-order valence-corrected chi connectivity index (χ0v) is 13.8. The van der Waals surface area contributed by atoms with E-state index in [0.717, 1.165) is 17.4 Å². The van der Waals surface area contributed by atoms with Gasteiger partial charge in [0.2, 0.25) is 0 Å². The maximum atomic E-state index is 10.9. The molecule has 22 heavy (non-hydrogen) atoms. The molecule has 0 spiro atoms. The summed E-state index contributed by atoms with van der Waals surface area (Å²) in [5.41, 5.74) is 2.24. The normalized spacial score (nSPS) is 20.3. The molecule has 1 N–H and O–H groups in total. The largest absolute Gasteiger partial charge is 0.492 e. The van der Waals surface area contributed by atoms with Gasteiger partial charge in [-0.3, -0.25) is 4.79 Å². The first-order chi connectivity index (χ1) is 10.2. The molecule has 4 nitrogen and oxygen atoms in total. The van der Waals surface area contributed by atoms with Crippen molar-refractivity contribution in [1.29, 1.82) is 0 Å². The number of aldehydes is 1. The Hall–Kier alpha value is -1.43. The zero-order valence-electron chi connectivity index (χ0n) is 13.8. The minimum absolute atomic E-state index is 0.165. The average molecular weight is 302 g/mol. The van der Waals surface area contributed by atoms with Crippen LogP contribution in [0.3, 0.4) is 0 Å². The average Bonchev–Trinajstić information content (AvgIpc) is 2.66. The Morgan fingerprint density at radius 2 is 1.82 bits per heavy atom. The molecule has 0 atom stereocenters. The van der Waals surface area contributed by atoms with Crippen LogP contribution in [0.15, 0.2) is 23.7 Å². The van der Waals surface area contributed by atoms with Crippen molar-refractivity contribution in [3.05, 3.63) is 40.4 Å². The van der Waals surface area contributed by atoms with E-state index in [2.05, 4.69) is 0 Å². The van der Waals surface area contributed by atoms with Crippen LogP contribution in [0, 0.1) is 6.92 Å². The number of rotatable bonds is 4. The first-order valence-corrected chi connectivity index (χ1v) is 7.43. The van der Waals surface area contributed by atoms with Gasteiger partial charge >= 0.3 is 7.12 Å². The standard InChI is InChI=1S/C17H23BO4/c1-12-6-7-13(10-19)8-14(12)9-15(11-20)18-21-16(2,3)17(4,5)22-18/h6-10,20H,11H2,1-5H3. The summed E-state index contributed by atoms with van der Waals surface area (Å²) in [7, 11) is -0.589. The number of hydrogen-bond acceptors (Lipinski definition) is 4. The first kappa shape index (κ1) is 16.9. The van der Waals surface area contributed by atoms with E-state index in [1.807, 2.05) is 46.8 Å². The third-order valence-corrected chi connectivity index (χ3v) is 4.52. The van der Waals surface area contributed by atoms with Crippen LogP contribution >= 0.6 is 0 Å². The van der Waals surface area contributed by atoms with Gasteiger partial charge in [0, 0.05) is 5.56 Å². The van der Waals surface area contributed by atoms with E-state index in [9.17, 15) is 9.90 Å². The predicted molar refractivity (Wildman–Crippen MR) is 87.7 cm³/mol. The smallest absolute Gasteiger partial charge is 0.400 e. The lowest BCUT2D eigenvalue weighted by Crippen LogP contribution is -2.41. The third kappa shape index (κ3) is 3.17. The highest BCUT2D eigenvalue weighted by Crippen LogP contribution is 2.38. The molecule has 1 saturated heterocycles. The summed E-state index contributed by atoms with van der Waals surface area (Å²) in [5.74, 6) is 0. The summed E-state index contributed by atoms with van der Waals surface area (Å²) in [6.45, 7) is 9.68. The maximum absolute atomic E-state index is 10.9. The molecular formula is C17H23BO4.